The fourth-order valence-electron chi connectivity index (χ4n) is 2.29. The largest absolute Gasteiger partial charge is 0.376 e. The Kier molecular flexibility index (Phi) is 3.76. The predicted octanol–water partition coefficient (Wildman–Crippen LogP) is 2.91. The second kappa shape index (κ2) is 5.88. The molecule has 0 bridgehead atoms. The van der Waals surface area contributed by atoms with E-state index in [1.54, 1.807) is 30.3 Å². The summed E-state index contributed by atoms with van der Waals surface area (Å²) in [7, 11) is 0. The average molecular weight is 310 g/mol. The smallest absolute Gasteiger partial charge is 0.334 e. The van der Waals surface area contributed by atoms with Crippen LogP contribution in [-0.4, -0.2) is 14.3 Å². The number of rotatable bonds is 4. The van der Waals surface area contributed by atoms with Gasteiger partial charge in [0.25, 0.3) is 0 Å². The maximum absolute atomic E-state index is 12.3. The van der Waals surface area contributed by atoms with Gasteiger partial charge in [-0.1, -0.05) is 25.1 Å². The molecule has 0 aliphatic rings. The van der Waals surface area contributed by atoms with Crippen LogP contribution in [0.5, 0.6) is 0 Å². The molecular weight excluding hydrogens is 296 g/mol. The molecule has 3 aromatic rings. The van der Waals surface area contributed by atoms with Gasteiger partial charge in [0.1, 0.15) is 5.65 Å². The van der Waals surface area contributed by atoms with Gasteiger partial charge in [0.05, 0.1) is 4.92 Å². The van der Waals surface area contributed by atoms with E-state index >= 15 is 0 Å². The SMILES string of the molecule is CCc1ccc(Nc2nc3ccccn3c(=O)c2[N+](=O)[O-])cc1. The molecule has 0 atom stereocenters. The molecule has 0 radical (unpaired) electrons. The van der Waals surface area contributed by atoms with Crippen LogP contribution in [0.25, 0.3) is 5.65 Å². The zero-order valence-corrected chi connectivity index (χ0v) is 12.4. The molecule has 2 aromatic heterocycles. The van der Waals surface area contributed by atoms with Crippen molar-refractivity contribution in [3.63, 3.8) is 0 Å². The van der Waals surface area contributed by atoms with Gasteiger partial charge in [-0.15, -0.1) is 0 Å². The Bertz CT molecular complexity index is 932. The number of hydrogen-bond donors (Lipinski definition) is 1. The summed E-state index contributed by atoms with van der Waals surface area (Å²) in [5, 5.41) is 14.2. The Balaban J connectivity index is 2.13. The lowest BCUT2D eigenvalue weighted by Gasteiger charge is -2.08. The molecule has 116 valence electrons. The summed E-state index contributed by atoms with van der Waals surface area (Å²) >= 11 is 0. The molecule has 0 aliphatic carbocycles. The Labute approximate surface area is 131 Å². The first kappa shape index (κ1) is 14.7. The predicted molar refractivity (Wildman–Crippen MR) is 87.2 cm³/mol. The number of anilines is 2. The van der Waals surface area contributed by atoms with Crippen LogP contribution in [0, 0.1) is 10.1 Å². The number of hydrogen-bond acceptors (Lipinski definition) is 5. The number of aryl methyl sites for hydroxylation is 1. The normalized spacial score (nSPS) is 10.7. The van der Waals surface area contributed by atoms with Crippen molar-refractivity contribution < 1.29 is 4.92 Å². The first-order valence-corrected chi connectivity index (χ1v) is 7.12. The van der Waals surface area contributed by atoms with E-state index < -0.39 is 16.2 Å². The van der Waals surface area contributed by atoms with Crippen molar-refractivity contribution >= 4 is 22.8 Å². The molecular formula is C16H14N4O3. The molecule has 0 amide bonds. The summed E-state index contributed by atoms with van der Waals surface area (Å²) in [6, 6.07) is 12.4. The van der Waals surface area contributed by atoms with Crippen LogP contribution in [0.1, 0.15) is 12.5 Å². The Morgan fingerprint density at radius 3 is 2.61 bits per heavy atom. The van der Waals surface area contributed by atoms with Crippen LogP contribution in [0.15, 0.2) is 53.5 Å². The topological polar surface area (TPSA) is 89.5 Å². The number of pyridine rings is 1. The summed E-state index contributed by atoms with van der Waals surface area (Å²) in [6.45, 7) is 2.04. The highest BCUT2D eigenvalue weighted by molar-refractivity contribution is 5.67. The Hall–Kier alpha value is -3.22. The highest BCUT2D eigenvalue weighted by Crippen LogP contribution is 2.23. The number of fused-ring (bicyclic) bond motifs is 1. The van der Waals surface area contributed by atoms with Crippen molar-refractivity contribution in [2.45, 2.75) is 13.3 Å². The van der Waals surface area contributed by atoms with Gasteiger partial charge in [-0.05, 0) is 36.2 Å². The minimum atomic E-state index is -0.715. The van der Waals surface area contributed by atoms with Crippen molar-refractivity contribution in [2.24, 2.45) is 0 Å². The Morgan fingerprint density at radius 1 is 1.22 bits per heavy atom. The molecule has 3 rings (SSSR count). The van der Waals surface area contributed by atoms with E-state index in [4.69, 9.17) is 0 Å². The van der Waals surface area contributed by atoms with Gasteiger partial charge in [0, 0.05) is 11.9 Å². The highest BCUT2D eigenvalue weighted by Gasteiger charge is 2.23. The number of benzene rings is 1. The second-order valence-electron chi connectivity index (χ2n) is 4.98. The molecule has 23 heavy (non-hydrogen) atoms. The van der Waals surface area contributed by atoms with E-state index in [2.05, 4.69) is 10.3 Å². The Morgan fingerprint density at radius 2 is 1.96 bits per heavy atom. The zero-order chi connectivity index (χ0) is 16.4. The molecule has 2 heterocycles. The van der Waals surface area contributed by atoms with Crippen molar-refractivity contribution in [3.8, 4) is 0 Å². The summed E-state index contributed by atoms with van der Waals surface area (Å²) in [5.41, 5.74) is 0.839. The number of nitrogens with one attached hydrogen (secondary N) is 1. The van der Waals surface area contributed by atoms with Crippen LogP contribution < -0.4 is 10.9 Å². The molecule has 7 heteroatoms. The number of aromatic nitrogens is 2. The van der Waals surface area contributed by atoms with Crippen LogP contribution in [0.2, 0.25) is 0 Å². The average Bonchev–Trinajstić information content (AvgIpc) is 2.55. The maximum atomic E-state index is 12.3. The van der Waals surface area contributed by atoms with Gasteiger partial charge in [-0.2, -0.15) is 0 Å². The molecule has 7 nitrogen and oxygen atoms in total. The van der Waals surface area contributed by atoms with Crippen molar-refractivity contribution in [1.29, 1.82) is 0 Å². The van der Waals surface area contributed by atoms with E-state index in [-0.39, 0.29) is 5.82 Å². The van der Waals surface area contributed by atoms with E-state index in [9.17, 15) is 14.9 Å². The van der Waals surface area contributed by atoms with Gasteiger partial charge in [0.15, 0.2) is 0 Å². The molecule has 1 aromatic carbocycles. The maximum Gasteiger partial charge on any atom is 0.376 e. The third-order valence-electron chi connectivity index (χ3n) is 3.52. The fourth-order valence-corrected chi connectivity index (χ4v) is 2.29. The van der Waals surface area contributed by atoms with Gasteiger partial charge < -0.3 is 5.32 Å². The first-order chi connectivity index (χ1) is 11.1. The zero-order valence-electron chi connectivity index (χ0n) is 12.4. The van der Waals surface area contributed by atoms with Crippen LogP contribution >= 0.6 is 0 Å². The van der Waals surface area contributed by atoms with Crippen molar-refractivity contribution in [3.05, 3.63) is 74.7 Å². The molecule has 1 N–H and O–H groups in total. The second-order valence-corrected chi connectivity index (χ2v) is 4.98. The quantitative estimate of drug-likeness (QED) is 0.591. The highest BCUT2D eigenvalue weighted by atomic mass is 16.6. The van der Waals surface area contributed by atoms with Crippen LogP contribution in [0.4, 0.5) is 17.2 Å². The molecule has 0 saturated heterocycles. The fraction of sp³-hybridized carbons (Fsp3) is 0.125. The number of nitrogens with zero attached hydrogens (tertiary/aromatic N) is 3. The number of nitro groups is 1. The van der Waals surface area contributed by atoms with E-state index in [0.29, 0.717) is 11.3 Å². The summed E-state index contributed by atoms with van der Waals surface area (Å²) < 4.78 is 1.16. The molecule has 0 spiro atoms. The van der Waals surface area contributed by atoms with Crippen LogP contribution in [0.3, 0.4) is 0 Å². The van der Waals surface area contributed by atoms with Crippen molar-refractivity contribution in [1.82, 2.24) is 9.38 Å². The van der Waals surface area contributed by atoms with Gasteiger partial charge >= 0.3 is 11.2 Å². The first-order valence-electron chi connectivity index (χ1n) is 7.12. The van der Waals surface area contributed by atoms with Crippen molar-refractivity contribution in [2.75, 3.05) is 5.32 Å². The lowest BCUT2D eigenvalue weighted by Crippen LogP contribution is -2.20. The minimum absolute atomic E-state index is 0.0598. The summed E-state index contributed by atoms with van der Waals surface area (Å²) in [5.74, 6) is -0.0598. The third kappa shape index (κ3) is 2.76. The monoisotopic (exact) mass is 310 g/mol. The molecule has 0 fully saturated rings. The lowest BCUT2D eigenvalue weighted by atomic mass is 10.1. The minimum Gasteiger partial charge on any atom is -0.334 e. The summed E-state index contributed by atoms with van der Waals surface area (Å²) in [4.78, 5) is 27.1. The lowest BCUT2D eigenvalue weighted by molar-refractivity contribution is -0.385. The van der Waals surface area contributed by atoms with E-state index in [1.807, 2.05) is 19.1 Å². The molecule has 0 saturated carbocycles. The van der Waals surface area contributed by atoms with Crippen LogP contribution in [-0.2, 0) is 6.42 Å². The van der Waals surface area contributed by atoms with E-state index in [0.717, 1.165) is 16.4 Å². The van der Waals surface area contributed by atoms with Gasteiger partial charge in [0.2, 0.25) is 5.82 Å². The standard InChI is InChI=1S/C16H14N4O3/c1-2-11-6-8-12(9-7-11)17-15-14(20(22)23)16(21)19-10-4-3-5-13(19)18-15/h3-10,17H,2H2,1H3. The molecule has 0 aliphatic heterocycles. The third-order valence-corrected chi connectivity index (χ3v) is 3.52. The van der Waals surface area contributed by atoms with Gasteiger partial charge in [-0.3, -0.25) is 19.3 Å². The molecule has 0 unspecified atom stereocenters. The summed E-state index contributed by atoms with van der Waals surface area (Å²) in [6.07, 6.45) is 2.35. The van der Waals surface area contributed by atoms with Gasteiger partial charge in [-0.25, -0.2) is 4.98 Å². The van der Waals surface area contributed by atoms with E-state index in [1.165, 1.54) is 6.20 Å².